The molecule has 0 unspecified atom stereocenters. The summed E-state index contributed by atoms with van der Waals surface area (Å²) >= 11 is 0. The van der Waals surface area contributed by atoms with Crippen LogP contribution in [0.1, 0.15) is 16.1 Å². The van der Waals surface area contributed by atoms with Crippen LogP contribution in [0.5, 0.6) is 0 Å². The number of aromatic nitrogens is 1. The minimum atomic E-state index is -1.34. The Morgan fingerprint density at radius 3 is 2.75 bits per heavy atom. The third-order valence-corrected chi connectivity index (χ3v) is 2.71. The van der Waals surface area contributed by atoms with Crippen LogP contribution < -0.4 is 5.32 Å². The van der Waals surface area contributed by atoms with Gasteiger partial charge in [0.25, 0.3) is 5.69 Å². The van der Waals surface area contributed by atoms with Gasteiger partial charge >= 0.3 is 5.97 Å². The van der Waals surface area contributed by atoms with Gasteiger partial charge in [0.2, 0.25) is 0 Å². The average molecular weight is 273 g/mol. The zero-order valence-electron chi connectivity index (χ0n) is 10.5. The van der Waals surface area contributed by atoms with Crippen LogP contribution in [0.4, 0.5) is 17.1 Å². The summed E-state index contributed by atoms with van der Waals surface area (Å²) in [7, 11) is 0. The lowest BCUT2D eigenvalue weighted by atomic mass is 10.1. The number of rotatable bonds is 4. The number of pyridine rings is 1. The lowest BCUT2D eigenvalue weighted by Crippen LogP contribution is -2.04. The number of anilines is 2. The predicted molar refractivity (Wildman–Crippen MR) is 72.3 cm³/mol. The zero-order chi connectivity index (χ0) is 14.7. The Kier molecular flexibility index (Phi) is 3.60. The van der Waals surface area contributed by atoms with Crippen molar-refractivity contribution < 1.29 is 14.8 Å². The minimum Gasteiger partial charge on any atom is -0.477 e. The first-order valence-electron chi connectivity index (χ1n) is 5.69. The van der Waals surface area contributed by atoms with Crippen molar-refractivity contribution in [3.8, 4) is 0 Å². The van der Waals surface area contributed by atoms with Gasteiger partial charge in [-0.2, -0.15) is 0 Å². The number of nitrogens with one attached hydrogen (secondary N) is 1. The number of benzene rings is 1. The van der Waals surface area contributed by atoms with E-state index in [2.05, 4.69) is 10.3 Å². The summed E-state index contributed by atoms with van der Waals surface area (Å²) in [6.45, 7) is 1.80. The van der Waals surface area contributed by atoms with Crippen molar-refractivity contribution in [1.82, 2.24) is 4.98 Å². The summed E-state index contributed by atoms with van der Waals surface area (Å²) < 4.78 is 0. The molecule has 2 aromatic rings. The van der Waals surface area contributed by atoms with Gasteiger partial charge in [-0.05, 0) is 31.2 Å². The van der Waals surface area contributed by atoms with Crippen molar-refractivity contribution in [3.63, 3.8) is 0 Å². The van der Waals surface area contributed by atoms with E-state index in [1.54, 1.807) is 25.3 Å². The van der Waals surface area contributed by atoms with Gasteiger partial charge in [-0.15, -0.1) is 0 Å². The molecule has 0 atom stereocenters. The average Bonchev–Trinajstić information content (AvgIpc) is 2.41. The Labute approximate surface area is 114 Å². The number of nitro benzene ring substituents is 1. The normalized spacial score (nSPS) is 10.1. The van der Waals surface area contributed by atoms with Crippen LogP contribution in [-0.4, -0.2) is 21.0 Å². The van der Waals surface area contributed by atoms with Crippen LogP contribution in [0.15, 0.2) is 36.5 Å². The van der Waals surface area contributed by atoms with Gasteiger partial charge in [0, 0.05) is 18.0 Å². The van der Waals surface area contributed by atoms with Crippen molar-refractivity contribution in [2.75, 3.05) is 5.32 Å². The first-order valence-corrected chi connectivity index (χ1v) is 5.69. The number of carboxylic acid groups (broad SMARTS) is 1. The van der Waals surface area contributed by atoms with Crippen molar-refractivity contribution >= 4 is 23.0 Å². The molecule has 1 heterocycles. The molecule has 1 aromatic carbocycles. The van der Waals surface area contributed by atoms with Crippen LogP contribution >= 0.6 is 0 Å². The molecule has 20 heavy (non-hydrogen) atoms. The molecule has 0 radical (unpaired) electrons. The van der Waals surface area contributed by atoms with Crippen LogP contribution in [-0.2, 0) is 0 Å². The molecule has 0 aliphatic heterocycles. The summed E-state index contributed by atoms with van der Waals surface area (Å²) in [6, 6.07) is 7.37. The van der Waals surface area contributed by atoms with E-state index in [1.165, 1.54) is 12.1 Å². The molecule has 0 saturated carbocycles. The first kappa shape index (κ1) is 13.5. The summed E-state index contributed by atoms with van der Waals surface area (Å²) in [5, 5.41) is 22.8. The van der Waals surface area contributed by atoms with E-state index in [0.717, 1.165) is 11.8 Å². The fourth-order valence-corrected chi connectivity index (χ4v) is 1.72. The molecule has 0 fully saturated rings. The molecule has 0 aliphatic rings. The van der Waals surface area contributed by atoms with Gasteiger partial charge in [0.1, 0.15) is 5.56 Å². The molecule has 7 nitrogen and oxygen atoms in total. The van der Waals surface area contributed by atoms with Crippen molar-refractivity contribution in [1.29, 1.82) is 0 Å². The highest BCUT2D eigenvalue weighted by molar-refractivity contribution is 5.93. The molecule has 2 rings (SSSR count). The second kappa shape index (κ2) is 5.35. The quantitative estimate of drug-likeness (QED) is 0.655. The highest BCUT2D eigenvalue weighted by Gasteiger charge is 2.20. The van der Waals surface area contributed by atoms with Crippen LogP contribution in [0.3, 0.4) is 0 Å². The van der Waals surface area contributed by atoms with Crippen molar-refractivity contribution in [2.24, 2.45) is 0 Å². The lowest BCUT2D eigenvalue weighted by Gasteiger charge is -2.09. The van der Waals surface area contributed by atoms with Gasteiger partial charge in [0.15, 0.2) is 0 Å². The monoisotopic (exact) mass is 273 g/mol. The number of hydrogen-bond acceptors (Lipinski definition) is 5. The third-order valence-electron chi connectivity index (χ3n) is 2.71. The highest BCUT2D eigenvalue weighted by Crippen LogP contribution is 2.25. The van der Waals surface area contributed by atoms with Gasteiger partial charge < -0.3 is 10.4 Å². The van der Waals surface area contributed by atoms with E-state index in [4.69, 9.17) is 5.11 Å². The fourth-order valence-electron chi connectivity index (χ4n) is 1.72. The van der Waals surface area contributed by atoms with Gasteiger partial charge in [-0.3, -0.25) is 15.1 Å². The summed E-state index contributed by atoms with van der Waals surface area (Å²) in [5.74, 6) is -1.34. The van der Waals surface area contributed by atoms with E-state index in [9.17, 15) is 14.9 Å². The second-order valence-electron chi connectivity index (χ2n) is 4.06. The van der Waals surface area contributed by atoms with E-state index in [1.807, 2.05) is 0 Å². The van der Waals surface area contributed by atoms with Crippen molar-refractivity contribution in [2.45, 2.75) is 6.92 Å². The fraction of sp³-hybridized carbons (Fsp3) is 0.0769. The molecule has 0 aliphatic carbocycles. The largest absolute Gasteiger partial charge is 0.477 e. The summed E-state index contributed by atoms with van der Waals surface area (Å²) in [4.78, 5) is 25.2. The van der Waals surface area contributed by atoms with Crippen molar-refractivity contribution in [3.05, 3.63) is 57.9 Å². The number of carboxylic acids is 1. The molecular formula is C13H11N3O4. The number of nitrogens with zero attached hydrogens (tertiary/aromatic N) is 2. The molecule has 0 saturated heterocycles. The maximum Gasteiger partial charge on any atom is 0.342 e. The molecule has 0 amide bonds. The standard InChI is InChI=1S/C13H11N3O4/c1-8-11(3-2-6-14-8)15-9-4-5-12(16(19)20)10(7-9)13(17)18/h2-7,15H,1H3,(H,17,18). The number of aromatic carboxylic acids is 1. The van der Waals surface area contributed by atoms with Crippen LogP contribution in [0, 0.1) is 17.0 Å². The number of nitro groups is 1. The second-order valence-corrected chi connectivity index (χ2v) is 4.06. The smallest absolute Gasteiger partial charge is 0.342 e. The Hall–Kier alpha value is -2.96. The maximum atomic E-state index is 11.1. The topological polar surface area (TPSA) is 105 Å². The molecule has 0 bridgehead atoms. The van der Waals surface area contributed by atoms with E-state index >= 15 is 0 Å². The first-order chi connectivity index (χ1) is 9.49. The lowest BCUT2D eigenvalue weighted by molar-refractivity contribution is -0.385. The summed E-state index contributed by atoms with van der Waals surface area (Å²) in [6.07, 6.45) is 1.64. The van der Waals surface area contributed by atoms with Crippen LogP contribution in [0.2, 0.25) is 0 Å². The molecule has 1 aromatic heterocycles. The zero-order valence-corrected chi connectivity index (χ0v) is 10.5. The Bertz CT molecular complexity index is 685. The molecule has 0 spiro atoms. The van der Waals surface area contributed by atoms with E-state index < -0.39 is 16.6 Å². The number of aryl methyl sites for hydroxylation is 1. The highest BCUT2D eigenvalue weighted by atomic mass is 16.6. The Morgan fingerprint density at radius 1 is 1.40 bits per heavy atom. The minimum absolute atomic E-state index is 0.360. The van der Waals surface area contributed by atoms with E-state index in [0.29, 0.717) is 11.4 Å². The molecule has 7 heteroatoms. The molecular weight excluding hydrogens is 262 g/mol. The molecule has 2 N–H and O–H groups in total. The van der Waals surface area contributed by atoms with Gasteiger partial charge in [0.05, 0.1) is 16.3 Å². The summed E-state index contributed by atoms with van der Waals surface area (Å²) in [5.41, 5.74) is 1.09. The SMILES string of the molecule is Cc1ncccc1Nc1ccc([N+](=O)[O-])c(C(=O)O)c1. The molecule has 102 valence electrons. The van der Waals surface area contributed by atoms with Gasteiger partial charge in [-0.25, -0.2) is 4.79 Å². The van der Waals surface area contributed by atoms with Gasteiger partial charge in [-0.1, -0.05) is 0 Å². The predicted octanol–water partition coefficient (Wildman–Crippen LogP) is 2.74. The maximum absolute atomic E-state index is 11.1. The number of hydrogen-bond donors (Lipinski definition) is 2. The Morgan fingerprint density at radius 2 is 2.15 bits per heavy atom. The Balaban J connectivity index is 2.40. The van der Waals surface area contributed by atoms with E-state index in [-0.39, 0.29) is 5.56 Å². The number of carbonyl (C=O) groups is 1. The van der Waals surface area contributed by atoms with Crippen LogP contribution in [0.25, 0.3) is 0 Å². The third kappa shape index (κ3) is 2.72.